The predicted octanol–water partition coefficient (Wildman–Crippen LogP) is 1.59. The number of hydrogen-bond donors (Lipinski definition) is 3. The largest absolute Gasteiger partial charge is 0.454 e. The van der Waals surface area contributed by atoms with Gasteiger partial charge in [0.05, 0.1) is 10.9 Å². The van der Waals surface area contributed by atoms with E-state index in [9.17, 15) is 14.4 Å². The van der Waals surface area contributed by atoms with Crippen molar-refractivity contribution in [1.82, 2.24) is 15.2 Å². The summed E-state index contributed by atoms with van der Waals surface area (Å²) in [5.74, 6) is -0.0144. The lowest BCUT2D eigenvalue weighted by Crippen LogP contribution is -2.49. The number of nitrogens with zero attached hydrogens (tertiary/aromatic N) is 1. The van der Waals surface area contributed by atoms with E-state index in [1.807, 2.05) is 37.3 Å². The first kappa shape index (κ1) is 23.3. The molecule has 0 saturated carbocycles. The number of carbonyl (C=O) groups is 2. The smallest absolute Gasteiger partial charge is 0.257 e. The number of carbonyl (C=O) groups excluding carboxylic acids is 2. The maximum absolute atomic E-state index is 13.3. The van der Waals surface area contributed by atoms with Gasteiger partial charge in [0.25, 0.3) is 5.91 Å². The fourth-order valence-electron chi connectivity index (χ4n) is 3.91. The Morgan fingerprint density at radius 2 is 1.88 bits per heavy atom. The minimum absolute atomic E-state index is 0.0535. The molecule has 178 valence electrons. The van der Waals surface area contributed by atoms with E-state index in [0.29, 0.717) is 35.4 Å². The zero-order valence-corrected chi connectivity index (χ0v) is 18.9. The first-order valence-electron chi connectivity index (χ1n) is 11.2. The summed E-state index contributed by atoms with van der Waals surface area (Å²) in [7, 11) is 0. The van der Waals surface area contributed by atoms with E-state index in [1.165, 1.54) is 6.20 Å². The van der Waals surface area contributed by atoms with Gasteiger partial charge in [-0.3, -0.25) is 14.4 Å². The highest BCUT2D eigenvalue weighted by Gasteiger charge is 2.25. The summed E-state index contributed by atoms with van der Waals surface area (Å²) in [6, 6.07) is 11.7. The van der Waals surface area contributed by atoms with Crippen molar-refractivity contribution < 1.29 is 24.2 Å². The van der Waals surface area contributed by atoms with Gasteiger partial charge in [-0.05, 0) is 25.0 Å². The van der Waals surface area contributed by atoms with Gasteiger partial charge in [-0.2, -0.15) is 0 Å². The highest BCUT2D eigenvalue weighted by molar-refractivity contribution is 6.00. The van der Waals surface area contributed by atoms with Crippen LogP contribution in [0.25, 0.3) is 10.9 Å². The predicted molar refractivity (Wildman–Crippen MR) is 126 cm³/mol. The Bertz CT molecular complexity index is 1250. The molecule has 0 bridgehead atoms. The van der Waals surface area contributed by atoms with E-state index in [2.05, 4.69) is 10.6 Å². The second-order valence-electron chi connectivity index (χ2n) is 7.96. The molecule has 1 aromatic heterocycles. The number of aryl methyl sites for hydroxylation is 1. The second-order valence-corrected chi connectivity index (χ2v) is 7.96. The van der Waals surface area contributed by atoms with E-state index >= 15 is 0 Å². The van der Waals surface area contributed by atoms with Crippen molar-refractivity contribution in [3.63, 3.8) is 0 Å². The highest BCUT2D eigenvalue weighted by Crippen LogP contribution is 2.35. The van der Waals surface area contributed by atoms with Gasteiger partial charge in [0, 0.05) is 38.4 Å². The van der Waals surface area contributed by atoms with Crippen LogP contribution in [-0.4, -0.2) is 47.5 Å². The second kappa shape index (κ2) is 10.4. The van der Waals surface area contributed by atoms with Gasteiger partial charge in [0.1, 0.15) is 11.6 Å². The van der Waals surface area contributed by atoms with E-state index in [0.717, 1.165) is 5.56 Å². The Kier molecular flexibility index (Phi) is 7.12. The Morgan fingerprint density at radius 3 is 2.59 bits per heavy atom. The summed E-state index contributed by atoms with van der Waals surface area (Å²) in [6.45, 7) is 2.73. The van der Waals surface area contributed by atoms with Crippen molar-refractivity contribution >= 4 is 22.7 Å². The van der Waals surface area contributed by atoms with Crippen LogP contribution in [0.2, 0.25) is 0 Å². The number of pyridine rings is 1. The standard InChI is InChI=1S/C25H27N3O6/c1-2-28-14-18(23(30)17-12-21-22(13-20(17)28)34-15-33-21)24(31)27-19(25(32)26-9-6-10-29)11-16-7-4-3-5-8-16/h3-5,7-8,12-14,19,29H,2,6,9-11,15H2,1H3,(H,26,32)(H,27,31)/t19-/m1/s1. The number of amides is 2. The van der Waals surface area contributed by atoms with Crippen molar-refractivity contribution in [2.75, 3.05) is 19.9 Å². The lowest BCUT2D eigenvalue weighted by Gasteiger charge is -2.19. The molecule has 0 radical (unpaired) electrons. The lowest BCUT2D eigenvalue weighted by atomic mass is 10.0. The van der Waals surface area contributed by atoms with Gasteiger partial charge >= 0.3 is 0 Å². The Hall–Kier alpha value is -3.85. The third-order valence-corrected chi connectivity index (χ3v) is 5.70. The van der Waals surface area contributed by atoms with Crippen LogP contribution in [0.5, 0.6) is 11.5 Å². The van der Waals surface area contributed by atoms with E-state index < -0.39 is 17.4 Å². The van der Waals surface area contributed by atoms with Gasteiger partial charge in [-0.15, -0.1) is 0 Å². The van der Waals surface area contributed by atoms with Gasteiger partial charge in [-0.25, -0.2) is 0 Å². The Balaban J connectivity index is 1.65. The monoisotopic (exact) mass is 465 g/mol. The van der Waals surface area contributed by atoms with Crippen molar-refractivity contribution in [3.05, 3.63) is 70.0 Å². The molecule has 9 nitrogen and oxygen atoms in total. The number of ether oxygens (including phenoxy) is 2. The molecule has 2 heterocycles. The molecule has 0 aliphatic carbocycles. The molecule has 3 N–H and O–H groups in total. The fourth-order valence-corrected chi connectivity index (χ4v) is 3.91. The summed E-state index contributed by atoms with van der Waals surface area (Å²) in [5, 5.41) is 14.8. The summed E-state index contributed by atoms with van der Waals surface area (Å²) in [4.78, 5) is 39.3. The van der Waals surface area contributed by atoms with E-state index in [1.54, 1.807) is 16.7 Å². The first-order valence-corrected chi connectivity index (χ1v) is 11.2. The van der Waals surface area contributed by atoms with Crippen LogP contribution in [0.4, 0.5) is 0 Å². The highest BCUT2D eigenvalue weighted by atomic mass is 16.7. The number of nitrogens with one attached hydrogen (secondary N) is 2. The van der Waals surface area contributed by atoms with Crippen molar-refractivity contribution in [1.29, 1.82) is 0 Å². The van der Waals surface area contributed by atoms with Crippen LogP contribution < -0.4 is 25.5 Å². The van der Waals surface area contributed by atoms with Crippen LogP contribution in [0.3, 0.4) is 0 Å². The number of benzene rings is 2. The minimum atomic E-state index is -0.893. The molecule has 2 amide bonds. The first-order chi connectivity index (χ1) is 16.5. The average Bonchev–Trinajstić information content (AvgIpc) is 3.31. The van der Waals surface area contributed by atoms with E-state index in [4.69, 9.17) is 14.6 Å². The number of aliphatic hydroxyl groups excluding tert-OH is 1. The third-order valence-electron chi connectivity index (χ3n) is 5.70. The molecule has 1 aliphatic rings. The van der Waals surface area contributed by atoms with Gasteiger partial charge in [0.2, 0.25) is 18.1 Å². The van der Waals surface area contributed by atoms with Gasteiger partial charge in [-0.1, -0.05) is 30.3 Å². The normalized spacial score (nSPS) is 13.0. The lowest BCUT2D eigenvalue weighted by molar-refractivity contribution is -0.123. The summed E-state index contributed by atoms with van der Waals surface area (Å²) in [5.41, 5.74) is 0.988. The van der Waals surface area contributed by atoms with Crippen molar-refractivity contribution in [2.45, 2.75) is 32.4 Å². The number of aromatic nitrogens is 1. The number of fused-ring (bicyclic) bond motifs is 2. The summed E-state index contributed by atoms with van der Waals surface area (Å²) >= 11 is 0. The molecule has 3 aromatic rings. The maximum Gasteiger partial charge on any atom is 0.257 e. The molecule has 0 spiro atoms. The van der Waals surface area contributed by atoms with Crippen molar-refractivity contribution in [3.8, 4) is 11.5 Å². The van der Waals surface area contributed by atoms with E-state index in [-0.39, 0.29) is 37.8 Å². The van der Waals surface area contributed by atoms with Gasteiger partial charge < -0.3 is 29.8 Å². The fraction of sp³-hybridized carbons (Fsp3) is 0.320. The molecular weight excluding hydrogens is 438 g/mol. The summed E-state index contributed by atoms with van der Waals surface area (Å²) < 4.78 is 12.6. The van der Waals surface area contributed by atoms with Crippen LogP contribution in [-0.2, 0) is 17.8 Å². The quantitative estimate of drug-likeness (QED) is 0.413. The van der Waals surface area contributed by atoms with Crippen molar-refractivity contribution in [2.24, 2.45) is 0 Å². The molecule has 9 heteroatoms. The zero-order valence-electron chi connectivity index (χ0n) is 18.9. The zero-order chi connectivity index (χ0) is 24.1. The maximum atomic E-state index is 13.3. The molecule has 2 aromatic carbocycles. The topological polar surface area (TPSA) is 119 Å². The summed E-state index contributed by atoms with van der Waals surface area (Å²) in [6.07, 6.45) is 2.16. The Labute approximate surface area is 196 Å². The molecule has 0 saturated heterocycles. The molecular formula is C25H27N3O6. The number of aliphatic hydroxyl groups is 1. The van der Waals surface area contributed by atoms with Crippen LogP contribution >= 0.6 is 0 Å². The molecule has 0 fully saturated rings. The van der Waals surface area contributed by atoms with Crippen LogP contribution in [0.15, 0.2) is 53.5 Å². The molecule has 34 heavy (non-hydrogen) atoms. The minimum Gasteiger partial charge on any atom is -0.454 e. The van der Waals surface area contributed by atoms with Gasteiger partial charge in [0.15, 0.2) is 11.5 Å². The van der Waals surface area contributed by atoms with Crippen LogP contribution in [0, 0.1) is 0 Å². The molecule has 4 rings (SSSR count). The Morgan fingerprint density at radius 1 is 1.15 bits per heavy atom. The average molecular weight is 466 g/mol. The molecule has 0 unspecified atom stereocenters. The number of hydrogen-bond acceptors (Lipinski definition) is 6. The third kappa shape index (κ3) is 4.89. The van der Waals surface area contributed by atoms with Crippen LogP contribution in [0.1, 0.15) is 29.3 Å². The number of rotatable bonds is 9. The molecule has 1 aliphatic heterocycles. The SMILES string of the molecule is CCn1cc(C(=O)N[C@H](Cc2ccccc2)C(=O)NCCCO)c(=O)c2cc3c(cc21)OCO3. The molecule has 1 atom stereocenters.